The zero-order valence-electron chi connectivity index (χ0n) is 14.4. The van der Waals surface area contributed by atoms with Crippen LogP contribution >= 0.6 is 0 Å². The maximum atomic E-state index is 12.6. The topological polar surface area (TPSA) is 110 Å². The van der Waals surface area contributed by atoms with Gasteiger partial charge in [-0.3, -0.25) is 9.59 Å². The number of Topliss-reactive ketones (excluding diaryl/α,β-unsaturated/α-hetero) is 1. The maximum Gasteiger partial charge on any atom is 0.231 e. The van der Waals surface area contributed by atoms with Crippen molar-refractivity contribution in [2.75, 3.05) is 19.8 Å². The second-order valence-corrected chi connectivity index (χ2v) is 5.79. The van der Waals surface area contributed by atoms with Crippen LogP contribution in [0.5, 0.6) is 0 Å². The second-order valence-electron chi connectivity index (χ2n) is 5.79. The lowest BCUT2D eigenvalue weighted by molar-refractivity contribution is 0.0851. The minimum absolute atomic E-state index is 0.0347. The summed E-state index contributed by atoms with van der Waals surface area (Å²) >= 11 is 0. The third kappa shape index (κ3) is 3.87. The number of hydrogen-bond donors (Lipinski definition) is 2. The number of ketones is 2. The molecule has 0 amide bonds. The van der Waals surface area contributed by atoms with E-state index in [-0.39, 0.29) is 30.5 Å². The molecule has 0 saturated carbocycles. The summed E-state index contributed by atoms with van der Waals surface area (Å²) in [6.07, 6.45) is 2.00. The van der Waals surface area contributed by atoms with Crippen LogP contribution in [0, 0.1) is 0 Å². The molecule has 0 saturated heterocycles. The van der Waals surface area contributed by atoms with E-state index in [0.29, 0.717) is 30.8 Å². The number of nitrogens with one attached hydrogen (secondary N) is 1. The number of carbonyl (C=O) groups excluding carboxylic acids is 2. The van der Waals surface area contributed by atoms with Gasteiger partial charge in [-0.05, 0) is 24.3 Å². The molecule has 8 heteroatoms. The van der Waals surface area contributed by atoms with Crippen LogP contribution in [0.1, 0.15) is 39.9 Å². The number of fused-ring (bicyclic) bond motifs is 1. The number of benzene rings is 1. The van der Waals surface area contributed by atoms with Gasteiger partial charge in [-0.25, -0.2) is 4.68 Å². The summed E-state index contributed by atoms with van der Waals surface area (Å²) in [5.41, 5.74) is 2.03. The summed E-state index contributed by atoms with van der Waals surface area (Å²) in [5.74, 6) is -0.209. The Morgan fingerprint density at radius 3 is 2.88 bits per heavy atom. The van der Waals surface area contributed by atoms with E-state index in [4.69, 9.17) is 9.84 Å². The number of aliphatic hydroxyl groups is 1. The Morgan fingerprint density at radius 1 is 1.27 bits per heavy atom. The van der Waals surface area contributed by atoms with Gasteiger partial charge in [0.1, 0.15) is 0 Å². The standard InChI is InChI=1S/C18H20N4O4/c1-2-17(24)12-3-4-14-13(9-12)10-15(19-14)18(25)16-11-22(21-20-16)5-7-26-8-6-23/h3-4,9-11,19,23H,2,5-8H2,1H3. The van der Waals surface area contributed by atoms with Gasteiger partial charge in [0.2, 0.25) is 5.78 Å². The van der Waals surface area contributed by atoms with Crippen LogP contribution < -0.4 is 0 Å². The Labute approximate surface area is 149 Å². The van der Waals surface area contributed by atoms with Crippen LogP contribution in [-0.4, -0.2) is 56.5 Å². The van der Waals surface area contributed by atoms with E-state index in [9.17, 15) is 9.59 Å². The lowest BCUT2D eigenvalue weighted by Gasteiger charge is -2.00. The minimum atomic E-state index is -0.271. The predicted octanol–water partition coefficient (Wildman–Crippen LogP) is 1.59. The van der Waals surface area contributed by atoms with Gasteiger partial charge < -0.3 is 14.8 Å². The molecular weight excluding hydrogens is 336 g/mol. The zero-order chi connectivity index (χ0) is 18.5. The molecule has 8 nitrogen and oxygen atoms in total. The summed E-state index contributed by atoms with van der Waals surface area (Å²) in [5, 5.41) is 17.3. The van der Waals surface area contributed by atoms with Crippen LogP contribution in [0.15, 0.2) is 30.5 Å². The first-order chi connectivity index (χ1) is 12.6. The van der Waals surface area contributed by atoms with E-state index in [1.165, 1.54) is 4.68 Å². The molecule has 3 aromatic rings. The summed E-state index contributed by atoms with van der Waals surface area (Å²) in [6, 6.07) is 7.04. The second kappa shape index (κ2) is 8.03. The van der Waals surface area contributed by atoms with Crippen molar-refractivity contribution in [3.05, 3.63) is 47.4 Å². The lowest BCUT2D eigenvalue weighted by atomic mass is 10.1. The van der Waals surface area contributed by atoms with Crippen molar-refractivity contribution in [2.24, 2.45) is 0 Å². The molecule has 136 valence electrons. The summed E-state index contributed by atoms with van der Waals surface area (Å²) in [6.45, 7) is 2.86. The molecule has 0 fully saturated rings. The third-order valence-electron chi connectivity index (χ3n) is 3.98. The quantitative estimate of drug-likeness (QED) is 0.445. The highest BCUT2D eigenvalue weighted by atomic mass is 16.5. The van der Waals surface area contributed by atoms with Crippen LogP contribution in [0.25, 0.3) is 10.9 Å². The normalized spacial score (nSPS) is 11.2. The van der Waals surface area contributed by atoms with E-state index in [0.717, 1.165) is 10.9 Å². The first kappa shape index (κ1) is 18.0. The van der Waals surface area contributed by atoms with Crippen molar-refractivity contribution < 1.29 is 19.4 Å². The van der Waals surface area contributed by atoms with Crippen molar-refractivity contribution in [3.8, 4) is 0 Å². The predicted molar refractivity (Wildman–Crippen MR) is 94.3 cm³/mol. The molecule has 1 aromatic carbocycles. The molecule has 2 heterocycles. The number of aliphatic hydroxyl groups excluding tert-OH is 1. The first-order valence-corrected chi connectivity index (χ1v) is 8.41. The molecule has 0 atom stereocenters. The van der Waals surface area contributed by atoms with Gasteiger partial charge in [0.15, 0.2) is 11.5 Å². The number of carbonyl (C=O) groups is 2. The third-order valence-corrected chi connectivity index (χ3v) is 3.98. The van der Waals surface area contributed by atoms with Crippen LogP contribution in [-0.2, 0) is 11.3 Å². The highest BCUT2D eigenvalue weighted by molar-refractivity contribution is 6.09. The van der Waals surface area contributed by atoms with Crippen LogP contribution in [0.3, 0.4) is 0 Å². The van der Waals surface area contributed by atoms with E-state index in [1.807, 2.05) is 6.92 Å². The summed E-state index contributed by atoms with van der Waals surface area (Å²) < 4.78 is 6.68. The van der Waals surface area contributed by atoms with Gasteiger partial charge in [-0.15, -0.1) is 5.10 Å². The summed E-state index contributed by atoms with van der Waals surface area (Å²) in [7, 11) is 0. The van der Waals surface area contributed by atoms with Crippen LogP contribution in [0.2, 0.25) is 0 Å². The average molecular weight is 356 g/mol. The molecule has 2 aromatic heterocycles. The Bertz CT molecular complexity index is 928. The largest absolute Gasteiger partial charge is 0.394 e. The Morgan fingerprint density at radius 2 is 2.12 bits per heavy atom. The molecule has 2 N–H and O–H groups in total. The fraction of sp³-hybridized carbons (Fsp3) is 0.333. The SMILES string of the molecule is CCC(=O)c1ccc2[nH]c(C(=O)c3cn(CCOCCO)nn3)cc2c1. The number of aromatic amines is 1. The highest BCUT2D eigenvalue weighted by Crippen LogP contribution is 2.19. The minimum Gasteiger partial charge on any atom is -0.394 e. The number of ether oxygens (including phenoxy) is 1. The zero-order valence-corrected chi connectivity index (χ0v) is 14.4. The van der Waals surface area contributed by atoms with Crippen molar-refractivity contribution in [2.45, 2.75) is 19.9 Å². The van der Waals surface area contributed by atoms with Crippen LogP contribution in [0.4, 0.5) is 0 Å². The van der Waals surface area contributed by atoms with E-state index >= 15 is 0 Å². The highest BCUT2D eigenvalue weighted by Gasteiger charge is 2.16. The van der Waals surface area contributed by atoms with Gasteiger partial charge >= 0.3 is 0 Å². The molecule has 0 bridgehead atoms. The van der Waals surface area contributed by atoms with Gasteiger partial charge in [0.25, 0.3) is 0 Å². The number of H-pyrrole nitrogens is 1. The average Bonchev–Trinajstić information content (AvgIpc) is 3.30. The molecule has 0 unspecified atom stereocenters. The first-order valence-electron chi connectivity index (χ1n) is 8.41. The Balaban J connectivity index is 1.75. The van der Waals surface area contributed by atoms with Gasteiger partial charge in [0.05, 0.1) is 38.3 Å². The lowest BCUT2D eigenvalue weighted by Crippen LogP contribution is -2.09. The number of hydrogen-bond acceptors (Lipinski definition) is 6. The fourth-order valence-corrected chi connectivity index (χ4v) is 2.61. The number of rotatable bonds is 9. The molecule has 26 heavy (non-hydrogen) atoms. The number of aromatic nitrogens is 4. The van der Waals surface area contributed by atoms with Crippen molar-refractivity contribution >= 4 is 22.5 Å². The summed E-state index contributed by atoms with van der Waals surface area (Å²) in [4.78, 5) is 27.5. The molecule has 0 radical (unpaired) electrons. The molecular formula is C18H20N4O4. The van der Waals surface area contributed by atoms with Gasteiger partial charge in [-0.2, -0.15) is 0 Å². The van der Waals surface area contributed by atoms with Crippen molar-refractivity contribution in [3.63, 3.8) is 0 Å². The smallest absolute Gasteiger partial charge is 0.231 e. The molecule has 0 spiro atoms. The molecule has 0 aliphatic rings. The Kier molecular flexibility index (Phi) is 5.55. The Hall–Kier alpha value is -2.84. The van der Waals surface area contributed by atoms with Gasteiger partial charge in [0, 0.05) is 22.9 Å². The van der Waals surface area contributed by atoms with E-state index < -0.39 is 0 Å². The molecule has 0 aliphatic carbocycles. The van der Waals surface area contributed by atoms with Crippen molar-refractivity contribution in [1.29, 1.82) is 0 Å². The fourth-order valence-electron chi connectivity index (χ4n) is 2.61. The monoisotopic (exact) mass is 356 g/mol. The number of nitrogens with zero attached hydrogens (tertiary/aromatic N) is 3. The van der Waals surface area contributed by atoms with E-state index in [1.54, 1.807) is 30.5 Å². The van der Waals surface area contributed by atoms with E-state index in [2.05, 4.69) is 15.3 Å². The van der Waals surface area contributed by atoms with Crippen molar-refractivity contribution in [1.82, 2.24) is 20.0 Å². The molecule has 3 rings (SSSR count). The molecule has 0 aliphatic heterocycles. The maximum absolute atomic E-state index is 12.6. The van der Waals surface area contributed by atoms with Gasteiger partial charge in [-0.1, -0.05) is 12.1 Å².